The van der Waals surface area contributed by atoms with E-state index in [4.69, 9.17) is 4.74 Å². The summed E-state index contributed by atoms with van der Waals surface area (Å²) in [5.41, 5.74) is 0.292. The molecule has 1 aromatic rings. The number of nitrogens with one attached hydrogen (secondary N) is 2. The summed E-state index contributed by atoms with van der Waals surface area (Å²) in [5, 5.41) is 13.6. The molecular formula is C16H23N4O5+. The molecule has 1 aliphatic rings. The maximum atomic E-state index is 12.5. The summed E-state index contributed by atoms with van der Waals surface area (Å²) >= 11 is 0. The first kappa shape index (κ1) is 18.7. The molecule has 1 saturated heterocycles. The third-order valence-electron chi connectivity index (χ3n) is 4.51. The number of nitrogens with zero attached hydrogens (tertiary/aromatic N) is 2. The van der Waals surface area contributed by atoms with E-state index < -0.39 is 4.92 Å². The third-order valence-corrected chi connectivity index (χ3v) is 4.51. The van der Waals surface area contributed by atoms with Gasteiger partial charge in [0, 0.05) is 13.0 Å². The van der Waals surface area contributed by atoms with Crippen LogP contribution in [0.2, 0.25) is 0 Å². The Kier molecular flexibility index (Phi) is 5.92. The Labute approximate surface area is 145 Å². The lowest BCUT2D eigenvalue weighted by atomic mass is 10.2. The normalized spacial score (nSPS) is 16.2. The van der Waals surface area contributed by atoms with Gasteiger partial charge in [0.25, 0.3) is 11.6 Å². The molecule has 0 bridgehead atoms. The highest BCUT2D eigenvalue weighted by Gasteiger charge is 2.30. The van der Waals surface area contributed by atoms with Gasteiger partial charge in [0.1, 0.15) is 5.75 Å². The number of methoxy groups -OCH3 is 1. The van der Waals surface area contributed by atoms with Crippen LogP contribution in [0.3, 0.4) is 0 Å². The molecule has 0 saturated carbocycles. The molecule has 0 spiro atoms. The molecule has 1 fully saturated rings. The topological polar surface area (TPSA) is 106 Å². The summed E-state index contributed by atoms with van der Waals surface area (Å²) in [7, 11) is 1.39. The Morgan fingerprint density at radius 2 is 2.00 bits per heavy atom. The quantitative estimate of drug-likeness (QED) is 0.558. The molecule has 9 heteroatoms. The van der Waals surface area contributed by atoms with E-state index in [1.807, 2.05) is 6.92 Å². The van der Waals surface area contributed by atoms with Crippen molar-refractivity contribution in [2.45, 2.75) is 19.9 Å². The molecule has 0 radical (unpaired) electrons. The second-order valence-corrected chi connectivity index (χ2v) is 6.02. The van der Waals surface area contributed by atoms with Gasteiger partial charge in [-0.15, -0.1) is 0 Å². The molecule has 0 aliphatic carbocycles. The molecular weight excluding hydrogens is 328 g/mol. The van der Waals surface area contributed by atoms with Crippen LogP contribution in [-0.2, 0) is 9.59 Å². The minimum Gasteiger partial charge on any atom is -0.494 e. The van der Waals surface area contributed by atoms with E-state index in [2.05, 4.69) is 5.32 Å². The zero-order chi connectivity index (χ0) is 18.6. The number of hydrogen-bond acceptors (Lipinski definition) is 5. The van der Waals surface area contributed by atoms with Crippen molar-refractivity contribution < 1.29 is 24.1 Å². The average molecular weight is 351 g/mol. The van der Waals surface area contributed by atoms with Crippen LogP contribution in [0.15, 0.2) is 18.2 Å². The first-order valence-electron chi connectivity index (χ1n) is 8.07. The van der Waals surface area contributed by atoms with Gasteiger partial charge in [0.05, 0.1) is 50.0 Å². The molecule has 2 amide bonds. The van der Waals surface area contributed by atoms with E-state index in [9.17, 15) is 19.7 Å². The maximum absolute atomic E-state index is 12.5. The van der Waals surface area contributed by atoms with Crippen LogP contribution in [0.5, 0.6) is 5.75 Å². The van der Waals surface area contributed by atoms with Gasteiger partial charge >= 0.3 is 0 Å². The molecule has 1 heterocycles. The number of benzene rings is 1. The van der Waals surface area contributed by atoms with Crippen LogP contribution in [0.25, 0.3) is 0 Å². The minimum atomic E-state index is -0.518. The number of piperazine rings is 1. The van der Waals surface area contributed by atoms with Gasteiger partial charge in [-0.25, -0.2) is 0 Å². The zero-order valence-corrected chi connectivity index (χ0v) is 14.6. The second kappa shape index (κ2) is 7.93. The Bertz CT molecular complexity index is 670. The van der Waals surface area contributed by atoms with Crippen LogP contribution >= 0.6 is 0 Å². The van der Waals surface area contributed by atoms with Crippen molar-refractivity contribution >= 4 is 23.2 Å². The zero-order valence-electron chi connectivity index (χ0n) is 14.6. The van der Waals surface area contributed by atoms with Crippen molar-refractivity contribution in [3.05, 3.63) is 28.3 Å². The van der Waals surface area contributed by atoms with Crippen LogP contribution in [-0.4, -0.2) is 61.0 Å². The molecule has 25 heavy (non-hydrogen) atoms. The lowest BCUT2D eigenvalue weighted by molar-refractivity contribution is -0.917. The predicted octanol–water partition coefficient (Wildman–Crippen LogP) is -0.323. The summed E-state index contributed by atoms with van der Waals surface area (Å²) in [5.74, 6) is 0.0938. The summed E-state index contributed by atoms with van der Waals surface area (Å²) in [6.45, 7) is 6.03. The molecule has 136 valence electrons. The van der Waals surface area contributed by atoms with Crippen molar-refractivity contribution in [1.29, 1.82) is 0 Å². The van der Waals surface area contributed by atoms with Gasteiger partial charge in [-0.1, -0.05) is 0 Å². The van der Waals surface area contributed by atoms with E-state index in [1.165, 1.54) is 25.3 Å². The molecule has 1 atom stereocenters. The Hall–Kier alpha value is -2.68. The molecule has 0 aromatic heterocycles. The number of nitro benzene ring substituents is 1. The van der Waals surface area contributed by atoms with E-state index in [0.29, 0.717) is 31.9 Å². The number of carbonyl (C=O) groups is 2. The number of nitro groups is 1. The first-order chi connectivity index (χ1) is 11.8. The number of anilines is 1. The average Bonchev–Trinajstić information content (AvgIpc) is 2.61. The van der Waals surface area contributed by atoms with Gasteiger partial charge in [0.2, 0.25) is 5.91 Å². The standard InChI is InChI=1S/C16H22N4O5/c1-11(18-6-8-19(9-7-18)12(2)21)16(22)17-14-5-4-13(20(23)24)10-15(14)25-3/h4-5,10-11H,6-9H2,1-3H3,(H,17,22)/p+1/t11-/m1/s1. The Balaban J connectivity index is 2.02. The first-order valence-corrected chi connectivity index (χ1v) is 8.07. The number of ether oxygens (including phenoxy) is 1. The predicted molar refractivity (Wildman–Crippen MR) is 90.7 cm³/mol. The van der Waals surface area contributed by atoms with Crippen LogP contribution in [0, 0.1) is 10.1 Å². The van der Waals surface area contributed by atoms with Crippen molar-refractivity contribution in [1.82, 2.24) is 4.90 Å². The highest BCUT2D eigenvalue weighted by Crippen LogP contribution is 2.28. The SMILES string of the molecule is COc1cc([N+](=O)[O-])ccc1NC(=O)[C@@H](C)[NH+]1CCN(C(C)=O)CC1. The molecule has 2 N–H and O–H groups in total. The summed E-state index contributed by atoms with van der Waals surface area (Å²) in [4.78, 5) is 37.1. The summed E-state index contributed by atoms with van der Waals surface area (Å²) in [6.07, 6.45) is 0. The monoisotopic (exact) mass is 351 g/mol. The molecule has 0 unspecified atom stereocenters. The number of hydrogen-bond donors (Lipinski definition) is 2. The van der Waals surface area contributed by atoms with Gasteiger partial charge in [-0.05, 0) is 13.0 Å². The Morgan fingerprint density at radius 3 is 2.52 bits per heavy atom. The van der Waals surface area contributed by atoms with Crippen molar-refractivity contribution in [2.24, 2.45) is 0 Å². The lowest BCUT2D eigenvalue weighted by Crippen LogP contribution is -3.19. The van der Waals surface area contributed by atoms with Gasteiger partial charge in [-0.3, -0.25) is 19.7 Å². The fourth-order valence-corrected chi connectivity index (χ4v) is 2.86. The second-order valence-electron chi connectivity index (χ2n) is 6.02. The van der Waals surface area contributed by atoms with E-state index in [1.54, 1.807) is 11.8 Å². The number of amides is 2. The van der Waals surface area contributed by atoms with Crippen molar-refractivity contribution in [3.8, 4) is 5.75 Å². The van der Waals surface area contributed by atoms with E-state index in [-0.39, 0.29) is 29.3 Å². The number of quaternary nitrogens is 1. The van der Waals surface area contributed by atoms with Crippen LogP contribution < -0.4 is 15.0 Å². The number of rotatable bonds is 5. The molecule has 1 aliphatic heterocycles. The van der Waals surface area contributed by atoms with Gasteiger partial charge in [0.15, 0.2) is 6.04 Å². The maximum Gasteiger partial charge on any atom is 0.282 e. The lowest BCUT2D eigenvalue weighted by Gasteiger charge is -2.34. The summed E-state index contributed by atoms with van der Waals surface area (Å²) < 4.78 is 5.13. The smallest absolute Gasteiger partial charge is 0.282 e. The van der Waals surface area contributed by atoms with Crippen molar-refractivity contribution in [2.75, 3.05) is 38.6 Å². The van der Waals surface area contributed by atoms with Crippen LogP contribution in [0.1, 0.15) is 13.8 Å². The van der Waals surface area contributed by atoms with E-state index >= 15 is 0 Å². The highest BCUT2D eigenvalue weighted by atomic mass is 16.6. The molecule has 9 nitrogen and oxygen atoms in total. The largest absolute Gasteiger partial charge is 0.494 e. The van der Waals surface area contributed by atoms with Crippen LogP contribution in [0.4, 0.5) is 11.4 Å². The molecule has 1 aromatic carbocycles. The number of non-ortho nitro benzene ring substituents is 1. The van der Waals surface area contributed by atoms with Gasteiger partial charge < -0.3 is 19.9 Å². The minimum absolute atomic E-state index is 0.0479. The highest BCUT2D eigenvalue weighted by molar-refractivity contribution is 5.95. The van der Waals surface area contributed by atoms with Crippen molar-refractivity contribution in [3.63, 3.8) is 0 Å². The van der Waals surface area contributed by atoms with Gasteiger partial charge in [-0.2, -0.15) is 0 Å². The third kappa shape index (κ3) is 4.44. The fourth-order valence-electron chi connectivity index (χ4n) is 2.86. The fraction of sp³-hybridized carbons (Fsp3) is 0.500. The molecule has 2 rings (SSSR count). The number of carbonyl (C=O) groups excluding carboxylic acids is 2. The Morgan fingerprint density at radius 1 is 1.36 bits per heavy atom. The van der Waals surface area contributed by atoms with E-state index in [0.717, 1.165) is 4.90 Å². The summed E-state index contributed by atoms with van der Waals surface area (Å²) in [6, 6.07) is 3.75.